The molecule has 0 saturated heterocycles. The first kappa shape index (κ1) is 20.1. The molecule has 2 aromatic rings. The molecule has 1 fully saturated rings. The molecule has 1 heterocycles. The number of nitrogens with zero attached hydrogens (tertiary/aromatic N) is 1. The van der Waals surface area contributed by atoms with Crippen LogP contribution in [0.1, 0.15) is 58.8 Å². The highest BCUT2D eigenvalue weighted by molar-refractivity contribution is 5.87. The second-order valence-electron chi connectivity index (χ2n) is 6.68. The summed E-state index contributed by atoms with van der Waals surface area (Å²) in [4.78, 5) is 15.0. The first-order valence-corrected chi connectivity index (χ1v) is 8.86. The average Bonchev–Trinajstić information content (AvgIpc) is 3.19. The van der Waals surface area contributed by atoms with E-state index in [1.807, 2.05) is 0 Å². The van der Waals surface area contributed by atoms with E-state index in [2.05, 4.69) is 9.72 Å². The minimum Gasteiger partial charge on any atom is -0.487 e. The van der Waals surface area contributed by atoms with Crippen molar-refractivity contribution in [3.63, 3.8) is 0 Å². The van der Waals surface area contributed by atoms with Crippen molar-refractivity contribution in [2.24, 2.45) is 0 Å². The molecule has 28 heavy (non-hydrogen) atoms. The molecule has 4 nitrogen and oxygen atoms in total. The standard InChI is InChI=1S/C20H19F4NO3/c1-27-19(26)18-17(21)9-14(10-25-18)28-11-12-6-7-15(13-4-2-3-5-13)16(8-12)20(22,23)24/h6-10,13H,2-5,11H2,1H3. The minimum atomic E-state index is -4.45. The van der Waals surface area contributed by atoms with Crippen LogP contribution in [-0.2, 0) is 17.5 Å². The molecule has 0 spiro atoms. The first-order valence-electron chi connectivity index (χ1n) is 8.86. The van der Waals surface area contributed by atoms with Gasteiger partial charge in [0, 0.05) is 6.07 Å². The lowest BCUT2D eigenvalue weighted by atomic mass is 9.91. The molecule has 0 radical (unpaired) electrons. The van der Waals surface area contributed by atoms with Gasteiger partial charge in [-0.25, -0.2) is 14.2 Å². The normalized spacial score (nSPS) is 14.9. The van der Waals surface area contributed by atoms with Crippen molar-refractivity contribution < 1.29 is 31.8 Å². The fourth-order valence-electron chi connectivity index (χ4n) is 3.44. The van der Waals surface area contributed by atoms with Gasteiger partial charge in [0.25, 0.3) is 0 Å². The number of ether oxygens (including phenoxy) is 2. The number of hydrogen-bond donors (Lipinski definition) is 0. The van der Waals surface area contributed by atoms with Crippen LogP contribution < -0.4 is 4.74 Å². The van der Waals surface area contributed by atoms with Crippen LogP contribution in [0.3, 0.4) is 0 Å². The molecule has 0 amide bonds. The van der Waals surface area contributed by atoms with Gasteiger partial charge in [0.05, 0.1) is 18.9 Å². The van der Waals surface area contributed by atoms with E-state index in [-0.39, 0.29) is 18.3 Å². The van der Waals surface area contributed by atoms with Gasteiger partial charge in [-0.2, -0.15) is 13.2 Å². The maximum absolute atomic E-state index is 13.9. The molecule has 0 N–H and O–H groups in total. The van der Waals surface area contributed by atoms with Gasteiger partial charge < -0.3 is 9.47 Å². The van der Waals surface area contributed by atoms with Crippen molar-refractivity contribution in [1.29, 1.82) is 0 Å². The number of methoxy groups -OCH3 is 1. The third kappa shape index (κ3) is 4.43. The van der Waals surface area contributed by atoms with Gasteiger partial charge >= 0.3 is 12.1 Å². The van der Waals surface area contributed by atoms with E-state index in [0.717, 1.165) is 51.1 Å². The van der Waals surface area contributed by atoms with E-state index >= 15 is 0 Å². The largest absolute Gasteiger partial charge is 0.487 e. The van der Waals surface area contributed by atoms with Crippen molar-refractivity contribution in [1.82, 2.24) is 4.98 Å². The highest BCUT2D eigenvalue weighted by atomic mass is 19.4. The van der Waals surface area contributed by atoms with Gasteiger partial charge in [-0.1, -0.05) is 25.0 Å². The minimum absolute atomic E-state index is 0.00131. The van der Waals surface area contributed by atoms with E-state index < -0.39 is 29.2 Å². The molecule has 8 heteroatoms. The molecule has 150 valence electrons. The number of carbonyl (C=O) groups excluding carboxylic acids is 1. The number of halogens is 4. The molecule has 0 aliphatic heterocycles. The summed E-state index contributed by atoms with van der Waals surface area (Å²) in [7, 11) is 1.10. The Morgan fingerprint density at radius 1 is 1.21 bits per heavy atom. The molecule has 1 aromatic heterocycles. The summed E-state index contributed by atoms with van der Waals surface area (Å²) in [5, 5.41) is 0. The number of benzene rings is 1. The van der Waals surface area contributed by atoms with Crippen LogP contribution in [0, 0.1) is 5.82 Å². The number of carbonyl (C=O) groups is 1. The van der Waals surface area contributed by atoms with Gasteiger partial charge in [-0.05, 0) is 36.0 Å². The first-order chi connectivity index (χ1) is 13.3. The number of esters is 1. The van der Waals surface area contributed by atoms with Gasteiger partial charge in [-0.3, -0.25) is 0 Å². The smallest absolute Gasteiger partial charge is 0.416 e. The lowest BCUT2D eigenvalue weighted by molar-refractivity contribution is -0.138. The van der Waals surface area contributed by atoms with Crippen molar-refractivity contribution in [2.45, 2.75) is 44.4 Å². The fourth-order valence-corrected chi connectivity index (χ4v) is 3.44. The predicted molar refractivity (Wildman–Crippen MR) is 92.5 cm³/mol. The van der Waals surface area contributed by atoms with Crippen molar-refractivity contribution >= 4 is 5.97 Å². The zero-order chi connectivity index (χ0) is 20.3. The van der Waals surface area contributed by atoms with Crippen LogP contribution in [0.5, 0.6) is 5.75 Å². The third-order valence-corrected chi connectivity index (χ3v) is 4.82. The molecule has 3 rings (SSSR count). The van der Waals surface area contributed by atoms with Crippen LogP contribution in [-0.4, -0.2) is 18.1 Å². The van der Waals surface area contributed by atoms with E-state index in [0.29, 0.717) is 11.1 Å². The Balaban J connectivity index is 1.77. The monoisotopic (exact) mass is 397 g/mol. The average molecular weight is 397 g/mol. The molecule has 1 aromatic carbocycles. The second-order valence-corrected chi connectivity index (χ2v) is 6.68. The maximum atomic E-state index is 13.9. The number of hydrogen-bond acceptors (Lipinski definition) is 4. The van der Waals surface area contributed by atoms with E-state index in [1.54, 1.807) is 6.07 Å². The Morgan fingerprint density at radius 2 is 1.93 bits per heavy atom. The second kappa shape index (κ2) is 8.16. The highest BCUT2D eigenvalue weighted by Crippen LogP contribution is 2.42. The van der Waals surface area contributed by atoms with Gasteiger partial charge in [0.1, 0.15) is 12.4 Å². The fraction of sp³-hybridized carbons (Fsp3) is 0.400. The molecule has 1 saturated carbocycles. The Labute approximate surface area is 159 Å². The molecule has 0 atom stereocenters. The van der Waals surface area contributed by atoms with Crippen LogP contribution >= 0.6 is 0 Å². The van der Waals surface area contributed by atoms with Gasteiger partial charge in [0.2, 0.25) is 0 Å². The summed E-state index contributed by atoms with van der Waals surface area (Å²) in [6, 6.07) is 5.13. The Kier molecular flexibility index (Phi) is 5.86. The Bertz CT molecular complexity index is 861. The van der Waals surface area contributed by atoms with Crippen LogP contribution in [0.15, 0.2) is 30.5 Å². The van der Waals surface area contributed by atoms with E-state index in [4.69, 9.17) is 4.74 Å². The van der Waals surface area contributed by atoms with Crippen LogP contribution in [0.2, 0.25) is 0 Å². The van der Waals surface area contributed by atoms with Gasteiger partial charge in [-0.15, -0.1) is 0 Å². The summed E-state index contributed by atoms with van der Waals surface area (Å²) >= 11 is 0. The molecule has 0 bridgehead atoms. The predicted octanol–water partition coefficient (Wildman–Crippen LogP) is 5.26. The van der Waals surface area contributed by atoms with Crippen LogP contribution in [0.4, 0.5) is 17.6 Å². The highest BCUT2D eigenvalue weighted by Gasteiger charge is 2.36. The van der Waals surface area contributed by atoms with Crippen molar-refractivity contribution in [3.05, 3.63) is 58.7 Å². The lowest BCUT2D eigenvalue weighted by Gasteiger charge is -2.19. The number of pyridine rings is 1. The topological polar surface area (TPSA) is 48.4 Å². The van der Waals surface area contributed by atoms with Crippen molar-refractivity contribution in [2.75, 3.05) is 7.11 Å². The number of aromatic nitrogens is 1. The quantitative estimate of drug-likeness (QED) is 0.510. The molecular formula is C20H19F4NO3. The van der Waals surface area contributed by atoms with Gasteiger partial charge in [0.15, 0.2) is 11.5 Å². The summed E-state index contributed by atoms with van der Waals surface area (Å²) in [6.07, 6.45) is 0.0589. The van der Waals surface area contributed by atoms with Crippen LogP contribution in [0.25, 0.3) is 0 Å². The summed E-state index contributed by atoms with van der Waals surface area (Å²) in [5.41, 5.74) is -0.503. The molecule has 0 unspecified atom stereocenters. The molecule has 1 aliphatic carbocycles. The molecule has 1 aliphatic rings. The summed E-state index contributed by atoms with van der Waals surface area (Å²) in [6.45, 7) is -0.188. The van der Waals surface area contributed by atoms with Crippen molar-refractivity contribution in [3.8, 4) is 5.75 Å². The number of rotatable bonds is 5. The SMILES string of the molecule is COC(=O)c1ncc(OCc2ccc(C3CCCC3)c(C(F)(F)F)c2)cc1F. The zero-order valence-electron chi connectivity index (χ0n) is 15.2. The third-order valence-electron chi connectivity index (χ3n) is 4.82. The number of alkyl halides is 3. The summed E-state index contributed by atoms with van der Waals surface area (Å²) < 4.78 is 64.1. The summed E-state index contributed by atoms with van der Waals surface area (Å²) in [5.74, 6) is -1.94. The zero-order valence-corrected chi connectivity index (χ0v) is 15.2. The van der Waals surface area contributed by atoms with E-state index in [1.165, 1.54) is 6.07 Å². The molecular weight excluding hydrogens is 378 g/mol. The lowest BCUT2D eigenvalue weighted by Crippen LogP contribution is -2.12. The Hall–Kier alpha value is -2.64. The maximum Gasteiger partial charge on any atom is 0.416 e. The van der Waals surface area contributed by atoms with E-state index in [9.17, 15) is 22.4 Å². The Morgan fingerprint density at radius 3 is 2.54 bits per heavy atom.